The fraction of sp³-hybridized carbons (Fsp3) is 0.375. The van der Waals surface area contributed by atoms with Crippen molar-refractivity contribution in [3.05, 3.63) is 22.1 Å². The predicted octanol–water partition coefficient (Wildman–Crippen LogP) is 4.72. The summed E-state index contributed by atoms with van der Waals surface area (Å²) in [6.45, 7) is 13.4. The van der Waals surface area contributed by atoms with E-state index in [2.05, 4.69) is 72.2 Å². The first-order chi connectivity index (χ1) is 10.1. The van der Waals surface area contributed by atoms with Crippen LogP contribution in [0.1, 0.15) is 11.4 Å². The van der Waals surface area contributed by atoms with Crippen LogP contribution in [-0.2, 0) is 0 Å². The molecule has 0 spiro atoms. The van der Waals surface area contributed by atoms with Crippen LogP contribution in [0.2, 0.25) is 39.3 Å². The molecule has 0 aliphatic carbocycles. The second-order valence-corrected chi connectivity index (χ2v) is 18.3. The lowest BCUT2D eigenvalue weighted by molar-refractivity contribution is 1.31. The van der Waals surface area contributed by atoms with Crippen molar-refractivity contribution in [2.75, 3.05) is 0 Å². The fourth-order valence-corrected chi connectivity index (χ4v) is 3.92. The van der Waals surface area contributed by atoms with Gasteiger partial charge >= 0.3 is 0 Å². The van der Waals surface area contributed by atoms with E-state index in [1.165, 1.54) is 0 Å². The molecule has 0 saturated carbocycles. The lowest BCUT2D eigenvalue weighted by Gasteiger charge is -2.02. The highest BCUT2D eigenvalue weighted by Crippen LogP contribution is 2.26. The standard InChI is InChI=1S/C16H20N2S2Si2/c1-21(2,3)9-7-13-11-19-15(17-13)16-18-14(12-20-16)8-10-22(4,5)6/h11-12H,1-6H3. The van der Waals surface area contributed by atoms with Crippen LogP contribution >= 0.6 is 22.7 Å². The first-order valence-electron chi connectivity index (χ1n) is 7.10. The minimum Gasteiger partial charge on any atom is -0.225 e. The molecule has 2 rings (SSSR count). The van der Waals surface area contributed by atoms with Gasteiger partial charge in [0.15, 0.2) is 10.0 Å². The minimum absolute atomic E-state index is 0.854. The molecule has 2 heterocycles. The van der Waals surface area contributed by atoms with Gasteiger partial charge in [-0.1, -0.05) is 51.1 Å². The van der Waals surface area contributed by atoms with Crippen LogP contribution in [0.3, 0.4) is 0 Å². The highest BCUT2D eigenvalue weighted by Gasteiger charge is 2.11. The predicted molar refractivity (Wildman–Crippen MR) is 104 cm³/mol. The summed E-state index contributed by atoms with van der Waals surface area (Å²) >= 11 is 3.20. The number of hydrogen-bond acceptors (Lipinski definition) is 4. The first kappa shape index (κ1) is 17.2. The topological polar surface area (TPSA) is 25.8 Å². The molecule has 6 heteroatoms. The van der Waals surface area contributed by atoms with Gasteiger partial charge in [0.05, 0.1) is 0 Å². The summed E-state index contributed by atoms with van der Waals surface area (Å²) in [5.41, 5.74) is 8.39. The maximum Gasteiger partial charge on any atom is 0.153 e. The smallest absolute Gasteiger partial charge is 0.153 e. The summed E-state index contributed by atoms with van der Waals surface area (Å²) in [5, 5.41) is 5.89. The zero-order chi connectivity index (χ0) is 16.4. The molecule has 0 saturated heterocycles. The van der Waals surface area contributed by atoms with Crippen LogP contribution in [0.4, 0.5) is 0 Å². The van der Waals surface area contributed by atoms with Crippen LogP contribution in [0.5, 0.6) is 0 Å². The van der Waals surface area contributed by atoms with Crippen LogP contribution in [0.15, 0.2) is 10.8 Å². The molecule has 0 aromatic carbocycles. The summed E-state index contributed by atoms with van der Waals surface area (Å²) in [6.07, 6.45) is 0. The molecule has 2 nitrogen and oxygen atoms in total. The minimum atomic E-state index is -1.36. The van der Waals surface area contributed by atoms with Gasteiger partial charge in [-0.2, -0.15) is 0 Å². The van der Waals surface area contributed by atoms with Crippen molar-refractivity contribution < 1.29 is 0 Å². The number of rotatable bonds is 1. The highest BCUT2D eigenvalue weighted by molar-refractivity contribution is 7.19. The van der Waals surface area contributed by atoms with Crippen molar-refractivity contribution in [2.24, 2.45) is 0 Å². The number of aromatic nitrogens is 2. The Balaban J connectivity index is 2.20. The maximum atomic E-state index is 4.58. The largest absolute Gasteiger partial charge is 0.225 e. The van der Waals surface area contributed by atoms with E-state index in [1.54, 1.807) is 22.7 Å². The summed E-state index contributed by atoms with van der Waals surface area (Å²) < 4.78 is 0. The van der Waals surface area contributed by atoms with Gasteiger partial charge in [0.2, 0.25) is 0 Å². The fourth-order valence-electron chi connectivity index (χ4n) is 1.36. The van der Waals surface area contributed by atoms with Crippen molar-refractivity contribution in [1.29, 1.82) is 0 Å². The molecular weight excluding hydrogens is 340 g/mol. The molecular formula is C16H20N2S2Si2. The van der Waals surface area contributed by atoms with Crippen molar-refractivity contribution in [3.8, 4) is 32.9 Å². The van der Waals surface area contributed by atoms with E-state index in [9.17, 15) is 0 Å². The van der Waals surface area contributed by atoms with Crippen molar-refractivity contribution in [1.82, 2.24) is 9.97 Å². The Morgan fingerprint density at radius 1 is 0.727 bits per heavy atom. The SMILES string of the molecule is C[Si](C)(C)C#Cc1csc(-c2nc(C#C[Si](C)(C)C)cs2)n1. The van der Waals surface area contributed by atoms with Crippen molar-refractivity contribution in [3.63, 3.8) is 0 Å². The first-order valence-corrected chi connectivity index (χ1v) is 15.9. The Labute approximate surface area is 143 Å². The third-order valence-corrected chi connectivity index (χ3v) is 5.90. The summed E-state index contributed by atoms with van der Waals surface area (Å²) in [4.78, 5) is 9.16. The average Bonchev–Trinajstić information content (AvgIpc) is 3.01. The normalized spacial score (nSPS) is 11.4. The monoisotopic (exact) mass is 360 g/mol. The molecule has 0 radical (unpaired) electrons. The third kappa shape index (κ3) is 5.54. The van der Waals surface area contributed by atoms with Crippen molar-refractivity contribution in [2.45, 2.75) is 39.3 Å². The zero-order valence-electron chi connectivity index (χ0n) is 13.9. The lowest BCUT2D eigenvalue weighted by Crippen LogP contribution is -2.16. The number of thiazole rings is 2. The molecule has 22 heavy (non-hydrogen) atoms. The van der Waals surface area contributed by atoms with Crippen LogP contribution in [0.25, 0.3) is 10.0 Å². The summed E-state index contributed by atoms with van der Waals surface area (Å²) in [5.74, 6) is 6.38. The van der Waals surface area contributed by atoms with E-state index in [4.69, 9.17) is 0 Å². The molecule has 0 atom stereocenters. The molecule has 0 fully saturated rings. The van der Waals surface area contributed by atoms with Gasteiger partial charge in [0, 0.05) is 10.8 Å². The van der Waals surface area contributed by atoms with Crippen LogP contribution in [-0.4, -0.2) is 26.1 Å². The Bertz CT molecular complexity index is 716. The van der Waals surface area contributed by atoms with Gasteiger partial charge in [-0.15, -0.1) is 33.8 Å². The molecule has 0 aliphatic heterocycles. The van der Waals surface area contributed by atoms with Gasteiger partial charge in [0.1, 0.15) is 27.5 Å². The maximum absolute atomic E-state index is 4.58. The number of hydrogen-bond donors (Lipinski definition) is 0. The van der Waals surface area contributed by atoms with Crippen LogP contribution < -0.4 is 0 Å². The molecule has 2 aromatic heterocycles. The van der Waals surface area contributed by atoms with Gasteiger partial charge in [-0.3, -0.25) is 0 Å². The molecule has 0 bridgehead atoms. The molecule has 114 valence electrons. The van der Waals surface area contributed by atoms with Gasteiger partial charge in [-0.25, -0.2) is 9.97 Å². The zero-order valence-corrected chi connectivity index (χ0v) is 17.5. The molecule has 0 unspecified atom stereocenters. The molecule has 0 amide bonds. The molecule has 0 N–H and O–H groups in total. The highest BCUT2D eigenvalue weighted by atomic mass is 32.1. The van der Waals surface area contributed by atoms with Gasteiger partial charge < -0.3 is 0 Å². The Kier molecular flexibility index (Phi) is 5.08. The van der Waals surface area contributed by atoms with E-state index in [-0.39, 0.29) is 0 Å². The van der Waals surface area contributed by atoms with E-state index >= 15 is 0 Å². The van der Waals surface area contributed by atoms with E-state index in [0.717, 1.165) is 21.4 Å². The Morgan fingerprint density at radius 3 is 1.41 bits per heavy atom. The Hall–Kier alpha value is -1.19. The second-order valence-electron chi connectivity index (χ2n) is 7.08. The quantitative estimate of drug-likeness (QED) is 0.543. The summed E-state index contributed by atoms with van der Waals surface area (Å²) in [7, 11) is -2.72. The van der Waals surface area contributed by atoms with Crippen molar-refractivity contribution >= 4 is 38.8 Å². The second kappa shape index (κ2) is 6.51. The van der Waals surface area contributed by atoms with Gasteiger partial charge in [0.25, 0.3) is 0 Å². The van der Waals surface area contributed by atoms with E-state index < -0.39 is 16.1 Å². The van der Waals surface area contributed by atoms with Gasteiger partial charge in [-0.05, 0) is 0 Å². The van der Waals surface area contributed by atoms with Crippen LogP contribution in [0, 0.1) is 22.9 Å². The Morgan fingerprint density at radius 2 is 1.09 bits per heavy atom. The van der Waals surface area contributed by atoms with E-state index in [1.807, 2.05) is 10.8 Å². The van der Waals surface area contributed by atoms with E-state index in [0.29, 0.717) is 0 Å². The molecule has 2 aromatic rings. The third-order valence-electron chi connectivity index (χ3n) is 2.32. The lowest BCUT2D eigenvalue weighted by atomic mass is 10.5. The average molecular weight is 361 g/mol. The molecule has 0 aliphatic rings. The number of nitrogens with zero attached hydrogens (tertiary/aromatic N) is 2. The summed E-state index contributed by atoms with van der Waals surface area (Å²) in [6, 6.07) is 0.